The molecular formula is C14H25N3. The quantitative estimate of drug-likeness (QED) is 0.869. The van der Waals surface area contributed by atoms with Gasteiger partial charge in [-0.15, -0.1) is 0 Å². The third kappa shape index (κ3) is 2.39. The molecule has 1 aliphatic rings. The number of hydrogen-bond acceptors (Lipinski definition) is 2. The first kappa shape index (κ1) is 12.6. The molecule has 2 unspecified atom stereocenters. The lowest BCUT2D eigenvalue weighted by atomic mass is 10.1. The summed E-state index contributed by atoms with van der Waals surface area (Å²) in [7, 11) is 0. The molecule has 0 aromatic carbocycles. The fraction of sp³-hybridized carbons (Fsp3) is 0.786. The monoisotopic (exact) mass is 235 g/mol. The van der Waals surface area contributed by atoms with Gasteiger partial charge < -0.3 is 5.32 Å². The largest absolute Gasteiger partial charge is 0.314 e. The Balaban J connectivity index is 2.13. The van der Waals surface area contributed by atoms with Crippen molar-refractivity contribution in [2.75, 3.05) is 6.54 Å². The molecule has 17 heavy (non-hydrogen) atoms. The third-order valence-corrected chi connectivity index (χ3v) is 4.07. The Morgan fingerprint density at radius 2 is 2.06 bits per heavy atom. The Bertz CT molecular complexity index is 381. The first-order valence-corrected chi connectivity index (χ1v) is 6.95. The predicted molar refractivity (Wildman–Crippen MR) is 71.4 cm³/mol. The van der Waals surface area contributed by atoms with Crippen molar-refractivity contribution < 1.29 is 0 Å². The molecule has 1 heterocycles. The highest BCUT2D eigenvalue weighted by atomic mass is 15.3. The van der Waals surface area contributed by atoms with Gasteiger partial charge in [0, 0.05) is 11.7 Å². The van der Waals surface area contributed by atoms with Crippen LogP contribution in [0.15, 0.2) is 0 Å². The molecular weight excluding hydrogens is 210 g/mol. The molecule has 1 aromatic rings. The zero-order chi connectivity index (χ0) is 12.4. The first-order valence-electron chi connectivity index (χ1n) is 6.95. The van der Waals surface area contributed by atoms with Crippen molar-refractivity contribution in [2.45, 2.75) is 65.5 Å². The van der Waals surface area contributed by atoms with E-state index in [9.17, 15) is 0 Å². The number of hydrogen-bond donors (Lipinski definition) is 1. The molecule has 0 radical (unpaired) electrons. The molecule has 2 atom stereocenters. The van der Waals surface area contributed by atoms with Gasteiger partial charge in [-0.1, -0.05) is 13.8 Å². The van der Waals surface area contributed by atoms with Crippen molar-refractivity contribution in [1.82, 2.24) is 15.1 Å². The summed E-state index contributed by atoms with van der Waals surface area (Å²) in [5, 5.41) is 8.30. The smallest absolute Gasteiger partial charge is 0.0628 e. The molecule has 3 nitrogen and oxygen atoms in total. The second-order valence-electron chi connectivity index (χ2n) is 5.17. The summed E-state index contributed by atoms with van der Waals surface area (Å²) >= 11 is 0. The molecule has 0 bridgehead atoms. The van der Waals surface area contributed by atoms with E-state index in [0.29, 0.717) is 12.1 Å². The van der Waals surface area contributed by atoms with Crippen molar-refractivity contribution in [3.63, 3.8) is 0 Å². The van der Waals surface area contributed by atoms with Crippen LogP contribution in [-0.2, 0) is 6.42 Å². The Kier molecular flexibility index (Phi) is 3.87. The average Bonchev–Trinajstić information content (AvgIpc) is 2.85. The fourth-order valence-corrected chi connectivity index (χ4v) is 3.22. The number of rotatable bonds is 4. The second kappa shape index (κ2) is 5.21. The standard InChI is InChI=1S/C14H25N3/c1-5-14-10(3)16-17(11(14)4)13-8-7-12(9-13)15-6-2/h12-13,15H,5-9H2,1-4H3. The summed E-state index contributed by atoms with van der Waals surface area (Å²) in [5.74, 6) is 0. The highest BCUT2D eigenvalue weighted by molar-refractivity contribution is 5.24. The van der Waals surface area contributed by atoms with Crippen LogP contribution in [0.3, 0.4) is 0 Å². The summed E-state index contributed by atoms with van der Waals surface area (Å²) in [4.78, 5) is 0. The molecule has 1 aromatic heterocycles. The van der Waals surface area contributed by atoms with Gasteiger partial charge in [0.15, 0.2) is 0 Å². The molecule has 0 spiro atoms. The van der Waals surface area contributed by atoms with Crippen LogP contribution in [-0.4, -0.2) is 22.4 Å². The molecule has 1 fully saturated rings. The second-order valence-corrected chi connectivity index (χ2v) is 5.17. The summed E-state index contributed by atoms with van der Waals surface area (Å²) in [6.45, 7) is 9.84. The third-order valence-electron chi connectivity index (χ3n) is 4.07. The van der Waals surface area contributed by atoms with Crippen molar-refractivity contribution in [2.24, 2.45) is 0 Å². The number of aromatic nitrogens is 2. The van der Waals surface area contributed by atoms with Gasteiger partial charge in [0.05, 0.1) is 11.7 Å². The van der Waals surface area contributed by atoms with Crippen LogP contribution in [0.1, 0.15) is 56.1 Å². The summed E-state index contributed by atoms with van der Waals surface area (Å²) in [5.41, 5.74) is 4.04. The van der Waals surface area contributed by atoms with Crippen LogP contribution in [0.4, 0.5) is 0 Å². The topological polar surface area (TPSA) is 29.9 Å². The molecule has 2 rings (SSSR count). The Morgan fingerprint density at radius 3 is 2.65 bits per heavy atom. The van der Waals surface area contributed by atoms with Gasteiger partial charge in [-0.2, -0.15) is 5.10 Å². The first-order chi connectivity index (χ1) is 8.17. The highest BCUT2D eigenvalue weighted by Gasteiger charge is 2.27. The van der Waals surface area contributed by atoms with Gasteiger partial charge in [0.2, 0.25) is 0 Å². The normalized spacial score (nSPS) is 24.5. The minimum atomic E-state index is 0.609. The van der Waals surface area contributed by atoms with Crippen molar-refractivity contribution in [3.05, 3.63) is 17.0 Å². The molecule has 0 aliphatic heterocycles. The van der Waals surface area contributed by atoms with Crippen LogP contribution in [0.5, 0.6) is 0 Å². The molecule has 0 saturated heterocycles. The minimum Gasteiger partial charge on any atom is -0.314 e. The van der Waals surface area contributed by atoms with Gasteiger partial charge in [-0.25, -0.2) is 0 Å². The lowest BCUT2D eigenvalue weighted by Gasteiger charge is -2.14. The maximum Gasteiger partial charge on any atom is 0.0628 e. The minimum absolute atomic E-state index is 0.609. The number of nitrogens with zero attached hydrogens (tertiary/aromatic N) is 2. The predicted octanol–water partition coefficient (Wildman–Crippen LogP) is 2.77. The Hall–Kier alpha value is -0.830. The summed E-state index contributed by atoms with van der Waals surface area (Å²) < 4.78 is 2.28. The Labute approximate surface area is 105 Å². The van der Waals surface area contributed by atoms with Gasteiger partial charge >= 0.3 is 0 Å². The summed E-state index contributed by atoms with van der Waals surface area (Å²) in [6, 6.07) is 1.30. The Morgan fingerprint density at radius 1 is 1.29 bits per heavy atom. The molecule has 3 heteroatoms. The van der Waals surface area contributed by atoms with Crippen molar-refractivity contribution in [1.29, 1.82) is 0 Å². The number of aryl methyl sites for hydroxylation is 1. The van der Waals surface area contributed by atoms with Crippen LogP contribution < -0.4 is 5.32 Å². The van der Waals surface area contributed by atoms with E-state index in [4.69, 9.17) is 5.10 Å². The van der Waals surface area contributed by atoms with Gasteiger partial charge in [0.25, 0.3) is 0 Å². The van der Waals surface area contributed by atoms with Crippen LogP contribution in [0, 0.1) is 13.8 Å². The fourth-order valence-electron chi connectivity index (χ4n) is 3.22. The lowest BCUT2D eigenvalue weighted by molar-refractivity contribution is 0.435. The van der Waals surface area contributed by atoms with E-state index >= 15 is 0 Å². The van der Waals surface area contributed by atoms with Gasteiger partial charge in [-0.05, 0) is 51.6 Å². The van der Waals surface area contributed by atoms with Gasteiger partial charge in [-0.3, -0.25) is 4.68 Å². The van der Waals surface area contributed by atoms with Crippen LogP contribution in [0.25, 0.3) is 0 Å². The zero-order valence-electron chi connectivity index (χ0n) is 11.6. The van der Waals surface area contributed by atoms with Crippen LogP contribution in [0.2, 0.25) is 0 Å². The maximum absolute atomic E-state index is 4.75. The molecule has 1 N–H and O–H groups in total. The van der Waals surface area contributed by atoms with Crippen molar-refractivity contribution >= 4 is 0 Å². The zero-order valence-corrected chi connectivity index (χ0v) is 11.6. The van der Waals surface area contributed by atoms with E-state index in [2.05, 4.69) is 37.7 Å². The van der Waals surface area contributed by atoms with Crippen LogP contribution >= 0.6 is 0 Å². The lowest BCUT2D eigenvalue weighted by Crippen LogP contribution is -2.26. The van der Waals surface area contributed by atoms with E-state index in [0.717, 1.165) is 13.0 Å². The van der Waals surface area contributed by atoms with Crippen molar-refractivity contribution in [3.8, 4) is 0 Å². The maximum atomic E-state index is 4.75. The molecule has 96 valence electrons. The van der Waals surface area contributed by atoms with E-state index in [1.165, 1.54) is 36.2 Å². The molecule has 0 amide bonds. The molecule has 1 aliphatic carbocycles. The SMILES string of the molecule is CCNC1CCC(n2nc(C)c(CC)c2C)C1. The summed E-state index contributed by atoms with van der Waals surface area (Å²) in [6.07, 6.45) is 4.89. The highest BCUT2D eigenvalue weighted by Crippen LogP contribution is 2.31. The van der Waals surface area contributed by atoms with E-state index in [-0.39, 0.29) is 0 Å². The van der Waals surface area contributed by atoms with E-state index < -0.39 is 0 Å². The van der Waals surface area contributed by atoms with Gasteiger partial charge in [0.1, 0.15) is 0 Å². The van der Waals surface area contributed by atoms with E-state index in [1.807, 2.05) is 0 Å². The molecule has 1 saturated carbocycles. The number of nitrogens with one attached hydrogen (secondary N) is 1. The van der Waals surface area contributed by atoms with E-state index in [1.54, 1.807) is 0 Å². The average molecular weight is 235 g/mol.